The van der Waals surface area contributed by atoms with Gasteiger partial charge in [-0.1, -0.05) is 0 Å². The van der Waals surface area contributed by atoms with Gasteiger partial charge in [0.15, 0.2) is 0 Å². The van der Waals surface area contributed by atoms with Crippen LogP contribution in [0.1, 0.15) is 0 Å². The Morgan fingerprint density at radius 3 is 1.83 bits per heavy atom. The summed E-state index contributed by atoms with van der Waals surface area (Å²) in [6.45, 7) is -1.97. The Labute approximate surface area is 68.2 Å². The van der Waals surface area contributed by atoms with Crippen LogP contribution in [0.5, 0.6) is 0 Å². The van der Waals surface area contributed by atoms with Gasteiger partial charge in [-0.25, -0.2) is 8.78 Å². The lowest BCUT2D eigenvalue weighted by molar-refractivity contribution is -0.311. The maximum absolute atomic E-state index is 11.7. The molecule has 0 aliphatic rings. The van der Waals surface area contributed by atoms with Gasteiger partial charge in [-0.2, -0.15) is 17.6 Å². The Bertz CT molecular complexity index is 143. The quantitative estimate of drug-likeness (QED) is 0.519. The molecule has 0 amide bonds. The molecule has 0 aromatic carbocycles. The molecule has 0 aliphatic heterocycles. The highest BCUT2D eigenvalue weighted by atomic mass is 35.5. The minimum Gasteiger partial charge on any atom is -0.308 e. The molecule has 0 saturated carbocycles. The van der Waals surface area contributed by atoms with Crippen molar-refractivity contribution in [1.29, 1.82) is 0 Å². The van der Waals surface area contributed by atoms with Crippen LogP contribution in [0.25, 0.3) is 0 Å². The predicted molar refractivity (Wildman–Crippen MR) is 27.7 cm³/mol. The van der Waals surface area contributed by atoms with E-state index in [0.717, 1.165) is 0 Å². The van der Waals surface area contributed by atoms with Gasteiger partial charge >= 0.3 is 17.9 Å². The van der Waals surface area contributed by atoms with Crippen molar-refractivity contribution in [3.05, 3.63) is 0 Å². The third-order valence-corrected chi connectivity index (χ3v) is 0.791. The molecule has 0 unspecified atom stereocenters. The van der Waals surface area contributed by atoms with Crippen LogP contribution in [-0.4, -0.2) is 24.5 Å². The van der Waals surface area contributed by atoms with Gasteiger partial charge in [0.05, 0.1) is 0 Å². The SMILES string of the molecule is FC(F)C(F)(F)OCC(F)(F)Cl. The van der Waals surface area contributed by atoms with E-state index >= 15 is 0 Å². The number of alkyl halides is 7. The molecule has 1 nitrogen and oxygen atoms in total. The van der Waals surface area contributed by atoms with Crippen LogP contribution in [0.15, 0.2) is 0 Å². The van der Waals surface area contributed by atoms with E-state index in [0.29, 0.717) is 0 Å². The molecule has 0 atom stereocenters. The maximum Gasteiger partial charge on any atom is 0.416 e. The van der Waals surface area contributed by atoms with Gasteiger partial charge in [0.25, 0.3) is 0 Å². The van der Waals surface area contributed by atoms with Crippen molar-refractivity contribution in [2.45, 2.75) is 17.9 Å². The van der Waals surface area contributed by atoms with Crippen molar-refractivity contribution in [3.8, 4) is 0 Å². The molecule has 74 valence electrons. The number of rotatable bonds is 4. The molecule has 0 N–H and O–H groups in total. The van der Waals surface area contributed by atoms with Crippen LogP contribution < -0.4 is 0 Å². The molecule has 8 heteroatoms. The normalized spacial score (nSPS) is 14.0. The average molecular weight is 217 g/mol. The number of hydrogen-bond acceptors (Lipinski definition) is 1. The third kappa shape index (κ3) is 4.66. The lowest BCUT2D eigenvalue weighted by atomic mass is 10.6. The first-order valence-corrected chi connectivity index (χ1v) is 2.89. The summed E-state index contributed by atoms with van der Waals surface area (Å²) in [6, 6.07) is 0. The van der Waals surface area contributed by atoms with E-state index in [1.54, 1.807) is 0 Å². The van der Waals surface area contributed by atoms with E-state index in [2.05, 4.69) is 16.3 Å². The topological polar surface area (TPSA) is 9.23 Å². The summed E-state index contributed by atoms with van der Waals surface area (Å²) >= 11 is 4.11. The first-order valence-electron chi connectivity index (χ1n) is 2.52. The standard InChI is InChI=1S/C4H3ClF6O/c5-3(8,9)1-12-4(10,11)2(6)7/h2H,1H2. The molecule has 0 radical (unpaired) electrons. The summed E-state index contributed by atoms with van der Waals surface area (Å²) in [5.41, 5.74) is 0. The molecular weight excluding hydrogens is 213 g/mol. The molecule has 0 saturated heterocycles. The van der Waals surface area contributed by atoms with Crippen LogP contribution in [0, 0.1) is 0 Å². The van der Waals surface area contributed by atoms with Gasteiger partial charge in [-0.05, 0) is 11.6 Å². The molecule has 0 heterocycles. The van der Waals surface area contributed by atoms with Gasteiger partial charge in [0, 0.05) is 0 Å². The molecule has 0 spiro atoms. The van der Waals surface area contributed by atoms with Gasteiger partial charge in [-0.3, -0.25) is 0 Å². The highest BCUT2D eigenvalue weighted by molar-refractivity contribution is 6.21. The van der Waals surface area contributed by atoms with Gasteiger partial charge < -0.3 is 4.74 Å². The van der Waals surface area contributed by atoms with E-state index in [9.17, 15) is 26.3 Å². The van der Waals surface area contributed by atoms with Crippen molar-refractivity contribution in [2.24, 2.45) is 0 Å². The Balaban J connectivity index is 3.93. The molecule has 12 heavy (non-hydrogen) atoms. The van der Waals surface area contributed by atoms with Crippen molar-refractivity contribution in [2.75, 3.05) is 6.61 Å². The zero-order chi connectivity index (χ0) is 9.99. The van der Waals surface area contributed by atoms with Crippen molar-refractivity contribution >= 4 is 11.6 Å². The van der Waals surface area contributed by atoms with E-state index in [-0.39, 0.29) is 0 Å². The zero-order valence-corrected chi connectivity index (χ0v) is 6.09. The number of hydrogen-bond donors (Lipinski definition) is 0. The summed E-state index contributed by atoms with van der Waals surface area (Å²) in [7, 11) is 0. The zero-order valence-electron chi connectivity index (χ0n) is 5.34. The molecule has 0 aromatic heterocycles. The molecule has 0 aromatic rings. The van der Waals surface area contributed by atoms with Crippen molar-refractivity contribution < 1.29 is 31.1 Å². The lowest BCUT2D eigenvalue weighted by Gasteiger charge is -2.17. The maximum atomic E-state index is 11.7. The monoisotopic (exact) mass is 216 g/mol. The Kier molecular flexibility index (Phi) is 3.64. The van der Waals surface area contributed by atoms with Gasteiger partial charge in [0.1, 0.15) is 6.61 Å². The Morgan fingerprint density at radius 1 is 1.17 bits per heavy atom. The van der Waals surface area contributed by atoms with Crippen molar-refractivity contribution in [1.82, 2.24) is 0 Å². The fourth-order valence-electron chi connectivity index (χ4n) is 0.241. The fraction of sp³-hybridized carbons (Fsp3) is 1.00. The molecule has 0 fully saturated rings. The van der Waals surface area contributed by atoms with Crippen LogP contribution >= 0.6 is 11.6 Å². The summed E-state index contributed by atoms with van der Waals surface area (Å²) in [5, 5.41) is -4.07. The van der Waals surface area contributed by atoms with E-state index in [1.165, 1.54) is 0 Å². The van der Waals surface area contributed by atoms with Crippen LogP contribution in [-0.2, 0) is 4.74 Å². The number of ether oxygens (including phenoxy) is 1. The van der Waals surface area contributed by atoms with Crippen LogP contribution in [0.4, 0.5) is 26.3 Å². The minimum absolute atomic E-state index is 1.97. The second-order valence-electron chi connectivity index (χ2n) is 1.77. The third-order valence-electron chi connectivity index (χ3n) is 0.682. The highest BCUT2D eigenvalue weighted by Gasteiger charge is 2.44. The first-order chi connectivity index (χ1) is 5.15. The second-order valence-corrected chi connectivity index (χ2v) is 2.32. The summed E-state index contributed by atoms with van der Waals surface area (Å²) < 4.78 is 71.9. The second kappa shape index (κ2) is 3.69. The number of halogens is 7. The molecular formula is C4H3ClF6O. The fourth-order valence-corrected chi connectivity index (χ4v) is 0.296. The first kappa shape index (κ1) is 11.8. The Hall–Kier alpha value is -0.170. The largest absolute Gasteiger partial charge is 0.416 e. The van der Waals surface area contributed by atoms with Crippen molar-refractivity contribution in [3.63, 3.8) is 0 Å². The summed E-state index contributed by atoms with van der Waals surface area (Å²) in [6.07, 6.45) is -9.05. The van der Waals surface area contributed by atoms with Crippen LogP contribution in [0.3, 0.4) is 0 Å². The smallest absolute Gasteiger partial charge is 0.308 e. The lowest BCUT2D eigenvalue weighted by Crippen LogP contribution is -2.34. The molecule has 0 aliphatic carbocycles. The van der Waals surface area contributed by atoms with Crippen LogP contribution in [0.2, 0.25) is 0 Å². The summed E-state index contributed by atoms with van der Waals surface area (Å²) in [4.78, 5) is 0. The van der Waals surface area contributed by atoms with E-state index < -0.39 is 24.5 Å². The predicted octanol–water partition coefficient (Wildman–Crippen LogP) is 2.69. The molecule has 0 rings (SSSR count). The Morgan fingerprint density at radius 2 is 1.58 bits per heavy atom. The highest BCUT2D eigenvalue weighted by Crippen LogP contribution is 2.28. The van der Waals surface area contributed by atoms with Gasteiger partial charge in [0.2, 0.25) is 0 Å². The molecule has 0 bridgehead atoms. The summed E-state index contributed by atoms with van der Waals surface area (Å²) in [5.74, 6) is 0. The van der Waals surface area contributed by atoms with Gasteiger partial charge in [-0.15, -0.1) is 0 Å². The minimum atomic E-state index is -4.89. The average Bonchev–Trinajstić information content (AvgIpc) is 1.82. The van der Waals surface area contributed by atoms with E-state index in [4.69, 9.17) is 0 Å². The van der Waals surface area contributed by atoms with E-state index in [1.807, 2.05) is 0 Å².